The van der Waals surface area contributed by atoms with E-state index in [1.165, 1.54) is 43.4 Å². The Bertz CT molecular complexity index is 415. The van der Waals surface area contributed by atoms with Crippen LogP contribution in [-0.4, -0.2) is 29.4 Å². The molecule has 0 aromatic carbocycles. The zero-order valence-corrected chi connectivity index (χ0v) is 13.0. The van der Waals surface area contributed by atoms with Crippen LogP contribution in [0.1, 0.15) is 42.8 Å². The molecule has 1 aliphatic rings. The van der Waals surface area contributed by atoms with Crippen molar-refractivity contribution in [3.63, 3.8) is 0 Å². The monoisotopic (exact) mass is 300 g/mol. The van der Waals surface area contributed by atoms with Gasteiger partial charge in [-0.05, 0) is 18.8 Å². The van der Waals surface area contributed by atoms with E-state index in [0.717, 1.165) is 17.2 Å². The van der Waals surface area contributed by atoms with Gasteiger partial charge in [-0.25, -0.2) is 4.98 Å². The smallest absolute Gasteiger partial charge is 0.229 e. The number of hydrogen-bond donors (Lipinski definition) is 0. The lowest BCUT2D eigenvalue weighted by Crippen LogP contribution is -2.33. The Hall–Kier alpha value is -0.610. The number of carbonyl (C=O) groups excluding carboxylic acids is 1. The fourth-order valence-corrected chi connectivity index (χ4v) is 3.63. The normalized spacial score (nSPS) is 16.5. The van der Waals surface area contributed by atoms with Crippen molar-refractivity contribution >= 4 is 28.8 Å². The van der Waals surface area contributed by atoms with Crippen LogP contribution in [0, 0.1) is 5.92 Å². The maximum absolute atomic E-state index is 12.1. The molecule has 0 bridgehead atoms. The number of nitrogens with zero attached hydrogens (tertiary/aromatic N) is 2. The Labute approximate surface area is 124 Å². The molecule has 2 rings (SSSR count). The molecular weight excluding hydrogens is 280 g/mol. The van der Waals surface area contributed by atoms with Crippen molar-refractivity contribution < 1.29 is 4.79 Å². The highest BCUT2D eigenvalue weighted by molar-refractivity contribution is 7.09. The van der Waals surface area contributed by atoms with E-state index in [2.05, 4.69) is 4.98 Å². The molecular formula is C14H21ClN2OS. The molecule has 106 valence electrons. The molecule has 1 fully saturated rings. The second kappa shape index (κ2) is 7.25. The summed E-state index contributed by atoms with van der Waals surface area (Å²) in [5.41, 5.74) is 0.865. The Kier molecular flexibility index (Phi) is 5.64. The fourth-order valence-electron chi connectivity index (χ4n) is 2.61. The van der Waals surface area contributed by atoms with Crippen LogP contribution < -0.4 is 0 Å². The molecule has 5 heteroatoms. The van der Waals surface area contributed by atoms with Gasteiger partial charge >= 0.3 is 0 Å². The van der Waals surface area contributed by atoms with E-state index in [0.29, 0.717) is 18.2 Å². The second-order valence-corrected chi connectivity index (χ2v) is 6.53. The van der Waals surface area contributed by atoms with E-state index in [4.69, 9.17) is 11.6 Å². The number of rotatable bonds is 5. The standard InChI is InChI=1S/C14H21ClN2OS/c1-17(9-11-5-3-2-4-6-11)14(18)7-13-16-12(8-15)10-19-13/h10-11H,2-9H2,1H3. The van der Waals surface area contributed by atoms with Gasteiger partial charge in [-0.15, -0.1) is 22.9 Å². The zero-order valence-electron chi connectivity index (χ0n) is 11.4. The van der Waals surface area contributed by atoms with Gasteiger partial charge in [0.25, 0.3) is 0 Å². The lowest BCUT2D eigenvalue weighted by molar-refractivity contribution is -0.129. The van der Waals surface area contributed by atoms with E-state index < -0.39 is 0 Å². The molecule has 1 aliphatic carbocycles. The van der Waals surface area contributed by atoms with Gasteiger partial charge in [0.05, 0.1) is 18.0 Å². The largest absolute Gasteiger partial charge is 0.345 e. The van der Waals surface area contributed by atoms with Crippen LogP contribution in [0.25, 0.3) is 0 Å². The summed E-state index contributed by atoms with van der Waals surface area (Å²) in [7, 11) is 1.91. The molecule has 19 heavy (non-hydrogen) atoms. The van der Waals surface area contributed by atoms with Crippen LogP contribution in [0.4, 0.5) is 0 Å². The van der Waals surface area contributed by atoms with Gasteiger partial charge < -0.3 is 4.90 Å². The van der Waals surface area contributed by atoms with Crippen molar-refractivity contribution in [2.24, 2.45) is 5.92 Å². The van der Waals surface area contributed by atoms with Crippen molar-refractivity contribution in [1.29, 1.82) is 0 Å². The van der Waals surface area contributed by atoms with Crippen molar-refractivity contribution in [3.8, 4) is 0 Å². The minimum absolute atomic E-state index is 0.168. The summed E-state index contributed by atoms with van der Waals surface area (Å²) in [5, 5.41) is 2.80. The molecule has 0 radical (unpaired) electrons. The molecule has 0 N–H and O–H groups in total. The van der Waals surface area contributed by atoms with Crippen LogP contribution in [0.2, 0.25) is 0 Å². The first kappa shape index (κ1) is 14.8. The lowest BCUT2D eigenvalue weighted by Gasteiger charge is -2.26. The van der Waals surface area contributed by atoms with Gasteiger partial charge in [0.1, 0.15) is 5.01 Å². The topological polar surface area (TPSA) is 33.2 Å². The number of amides is 1. The highest BCUT2D eigenvalue weighted by atomic mass is 35.5. The SMILES string of the molecule is CN(CC1CCCCC1)C(=O)Cc1nc(CCl)cs1. The number of carbonyl (C=O) groups is 1. The summed E-state index contributed by atoms with van der Waals surface area (Å²) < 4.78 is 0. The average molecular weight is 301 g/mol. The van der Waals surface area contributed by atoms with E-state index in [-0.39, 0.29) is 5.91 Å². The van der Waals surface area contributed by atoms with Crippen molar-refractivity contribution in [2.75, 3.05) is 13.6 Å². The summed E-state index contributed by atoms with van der Waals surface area (Å²) >= 11 is 7.24. The van der Waals surface area contributed by atoms with Gasteiger partial charge in [0.2, 0.25) is 5.91 Å². The minimum Gasteiger partial charge on any atom is -0.345 e. The molecule has 1 amide bonds. The maximum atomic E-state index is 12.1. The molecule has 1 aromatic rings. The van der Waals surface area contributed by atoms with Crippen molar-refractivity contribution in [2.45, 2.75) is 44.4 Å². The highest BCUT2D eigenvalue weighted by Gasteiger charge is 2.19. The summed E-state index contributed by atoms with van der Waals surface area (Å²) in [5.74, 6) is 1.28. The van der Waals surface area contributed by atoms with Gasteiger partial charge in [0.15, 0.2) is 0 Å². The molecule has 1 heterocycles. The number of likely N-dealkylation sites (N-methyl/N-ethyl adjacent to an activating group) is 1. The first-order chi connectivity index (χ1) is 9.19. The third-order valence-corrected chi connectivity index (χ3v) is 4.89. The Morgan fingerprint density at radius 1 is 1.47 bits per heavy atom. The number of hydrogen-bond acceptors (Lipinski definition) is 3. The van der Waals surface area contributed by atoms with Gasteiger partial charge in [-0.3, -0.25) is 4.79 Å². The average Bonchev–Trinajstić information content (AvgIpc) is 2.87. The molecule has 0 spiro atoms. The summed E-state index contributed by atoms with van der Waals surface area (Å²) in [6.45, 7) is 0.895. The molecule has 0 atom stereocenters. The molecule has 1 aromatic heterocycles. The van der Waals surface area contributed by atoms with E-state index >= 15 is 0 Å². The minimum atomic E-state index is 0.168. The van der Waals surface area contributed by atoms with Crippen molar-refractivity contribution in [1.82, 2.24) is 9.88 Å². The third kappa shape index (κ3) is 4.46. The number of thiazole rings is 1. The first-order valence-electron chi connectivity index (χ1n) is 6.92. The Morgan fingerprint density at radius 3 is 2.84 bits per heavy atom. The second-order valence-electron chi connectivity index (χ2n) is 5.32. The van der Waals surface area contributed by atoms with Gasteiger partial charge in [-0.2, -0.15) is 0 Å². The van der Waals surface area contributed by atoms with Gasteiger partial charge in [-0.1, -0.05) is 19.3 Å². The summed E-state index contributed by atoms with van der Waals surface area (Å²) in [6, 6.07) is 0. The fraction of sp³-hybridized carbons (Fsp3) is 0.714. The molecule has 3 nitrogen and oxygen atoms in total. The number of alkyl halides is 1. The van der Waals surface area contributed by atoms with Crippen LogP contribution in [0.3, 0.4) is 0 Å². The molecule has 0 unspecified atom stereocenters. The van der Waals surface area contributed by atoms with E-state index in [1.54, 1.807) is 0 Å². The highest BCUT2D eigenvalue weighted by Crippen LogP contribution is 2.24. The number of aromatic nitrogens is 1. The van der Waals surface area contributed by atoms with Crippen LogP contribution >= 0.6 is 22.9 Å². The molecule has 0 saturated heterocycles. The zero-order chi connectivity index (χ0) is 13.7. The Morgan fingerprint density at radius 2 is 2.21 bits per heavy atom. The molecule has 0 aliphatic heterocycles. The van der Waals surface area contributed by atoms with Gasteiger partial charge in [0, 0.05) is 19.0 Å². The van der Waals surface area contributed by atoms with Crippen LogP contribution in [0.5, 0.6) is 0 Å². The Balaban J connectivity index is 1.81. The number of halogens is 1. The summed E-state index contributed by atoms with van der Waals surface area (Å²) in [4.78, 5) is 18.4. The van der Waals surface area contributed by atoms with E-state index in [1.807, 2.05) is 17.3 Å². The summed E-state index contributed by atoms with van der Waals surface area (Å²) in [6.07, 6.45) is 6.94. The lowest BCUT2D eigenvalue weighted by atomic mass is 9.89. The predicted octanol–water partition coefficient (Wildman–Crippen LogP) is 3.46. The predicted molar refractivity (Wildman–Crippen MR) is 79.6 cm³/mol. The maximum Gasteiger partial charge on any atom is 0.229 e. The third-order valence-electron chi connectivity index (χ3n) is 3.72. The van der Waals surface area contributed by atoms with Crippen LogP contribution in [-0.2, 0) is 17.1 Å². The quantitative estimate of drug-likeness (QED) is 0.780. The van der Waals surface area contributed by atoms with Crippen molar-refractivity contribution in [3.05, 3.63) is 16.1 Å². The first-order valence-corrected chi connectivity index (χ1v) is 8.33. The molecule has 1 saturated carbocycles. The van der Waals surface area contributed by atoms with Crippen LogP contribution in [0.15, 0.2) is 5.38 Å². The van der Waals surface area contributed by atoms with E-state index in [9.17, 15) is 4.79 Å².